The van der Waals surface area contributed by atoms with E-state index in [1.165, 1.54) is 23.4 Å². The third kappa shape index (κ3) is 1.99. The first-order chi connectivity index (χ1) is 6.76. The molecule has 0 N–H and O–H groups in total. The molecule has 0 aliphatic rings. The van der Waals surface area contributed by atoms with Gasteiger partial charge in [0.05, 0.1) is 0 Å². The maximum absolute atomic E-state index is 3.52. The fraction of sp³-hybridized carbons (Fsp3) is 0.200. The Kier molecular flexibility index (Phi) is 3.79. The van der Waals surface area contributed by atoms with Crippen LogP contribution in [0.1, 0.15) is 4.88 Å². The standard InChI is InChI=1S/C10H8BrIS2/c1-13-6-2-3-7-8(4-6)14-9(5-11)10(7)12/h2-4H,5H2,1H3. The van der Waals surface area contributed by atoms with Gasteiger partial charge in [0.25, 0.3) is 0 Å². The van der Waals surface area contributed by atoms with Crippen molar-refractivity contribution in [3.05, 3.63) is 26.6 Å². The Hall–Kier alpha value is 0.740. The minimum atomic E-state index is 0.958. The Morgan fingerprint density at radius 3 is 2.93 bits per heavy atom. The number of thioether (sulfide) groups is 1. The maximum atomic E-state index is 3.52. The maximum Gasteiger partial charge on any atom is 0.0388 e. The van der Waals surface area contributed by atoms with Gasteiger partial charge in [-0.25, -0.2) is 0 Å². The molecule has 0 atom stereocenters. The molecular formula is C10H8BrIS2. The smallest absolute Gasteiger partial charge is 0.0388 e. The van der Waals surface area contributed by atoms with E-state index in [4.69, 9.17) is 0 Å². The van der Waals surface area contributed by atoms with Crippen LogP contribution in [0.15, 0.2) is 23.1 Å². The molecule has 0 aliphatic heterocycles. The number of rotatable bonds is 2. The van der Waals surface area contributed by atoms with Crippen molar-refractivity contribution in [3.8, 4) is 0 Å². The van der Waals surface area contributed by atoms with Gasteiger partial charge in [-0.15, -0.1) is 23.1 Å². The molecule has 0 spiro atoms. The molecule has 0 radical (unpaired) electrons. The zero-order chi connectivity index (χ0) is 10.1. The van der Waals surface area contributed by atoms with E-state index in [2.05, 4.69) is 63.0 Å². The predicted octanol–water partition coefficient (Wildman–Crippen LogP) is 5.12. The fourth-order valence-electron chi connectivity index (χ4n) is 1.31. The number of hydrogen-bond acceptors (Lipinski definition) is 2. The summed E-state index contributed by atoms with van der Waals surface area (Å²) < 4.78 is 2.79. The third-order valence-corrected chi connectivity index (χ3v) is 6.43. The van der Waals surface area contributed by atoms with E-state index in [9.17, 15) is 0 Å². The van der Waals surface area contributed by atoms with Crippen LogP contribution in [0, 0.1) is 3.57 Å². The van der Waals surface area contributed by atoms with E-state index in [0.717, 1.165) is 5.33 Å². The van der Waals surface area contributed by atoms with Crippen LogP contribution >= 0.6 is 61.6 Å². The van der Waals surface area contributed by atoms with E-state index in [-0.39, 0.29) is 0 Å². The quantitative estimate of drug-likeness (QED) is 0.384. The van der Waals surface area contributed by atoms with Crippen LogP contribution in [0.5, 0.6) is 0 Å². The summed E-state index contributed by atoms with van der Waals surface area (Å²) in [5.41, 5.74) is 0. The van der Waals surface area contributed by atoms with Crippen molar-refractivity contribution in [1.29, 1.82) is 0 Å². The molecule has 0 aliphatic carbocycles. The summed E-state index contributed by atoms with van der Waals surface area (Å²) in [5.74, 6) is 0. The van der Waals surface area contributed by atoms with Crippen LogP contribution < -0.4 is 0 Å². The SMILES string of the molecule is CSc1ccc2c(I)c(CBr)sc2c1. The largest absolute Gasteiger partial charge is 0.138 e. The summed E-state index contributed by atoms with van der Waals surface area (Å²) in [6.45, 7) is 0. The van der Waals surface area contributed by atoms with E-state index >= 15 is 0 Å². The number of fused-ring (bicyclic) bond motifs is 1. The number of halogens is 2. The number of benzene rings is 1. The van der Waals surface area contributed by atoms with Crippen molar-refractivity contribution >= 4 is 71.7 Å². The van der Waals surface area contributed by atoms with Gasteiger partial charge in [0.15, 0.2) is 0 Å². The van der Waals surface area contributed by atoms with Gasteiger partial charge in [0, 0.05) is 28.8 Å². The average molecular weight is 399 g/mol. The first kappa shape index (κ1) is 11.2. The van der Waals surface area contributed by atoms with Crippen LogP contribution in [-0.2, 0) is 5.33 Å². The van der Waals surface area contributed by atoms with Gasteiger partial charge in [-0.2, -0.15) is 0 Å². The van der Waals surface area contributed by atoms with Crippen molar-refractivity contribution in [1.82, 2.24) is 0 Å². The lowest BCUT2D eigenvalue weighted by molar-refractivity contribution is 1.52. The summed E-state index contributed by atoms with van der Waals surface area (Å²) in [4.78, 5) is 2.77. The van der Waals surface area contributed by atoms with Crippen molar-refractivity contribution in [2.45, 2.75) is 10.2 Å². The third-order valence-electron chi connectivity index (χ3n) is 2.02. The zero-order valence-electron chi connectivity index (χ0n) is 7.51. The van der Waals surface area contributed by atoms with E-state index in [0.29, 0.717) is 0 Å². The molecule has 0 saturated carbocycles. The fourth-order valence-corrected chi connectivity index (χ4v) is 5.13. The van der Waals surface area contributed by atoms with Gasteiger partial charge in [0.2, 0.25) is 0 Å². The van der Waals surface area contributed by atoms with Crippen LogP contribution in [0.4, 0.5) is 0 Å². The van der Waals surface area contributed by atoms with Gasteiger partial charge in [-0.3, -0.25) is 0 Å². The monoisotopic (exact) mass is 398 g/mol. The minimum absolute atomic E-state index is 0.958. The summed E-state index contributed by atoms with van der Waals surface area (Å²) in [5, 5.41) is 2.35. The lowest BCUT2D eigenvalue weighted by Gasteiger charge is -1.95. The van der Waals surface area contributed by atoms with E-state index < -0.39 is 0 Å². The van der Waals surface area contributed by atoms with Crippen LogP contribution in [0.3, 0.4) is 0 Å². The molecule has 0 fully saturated rings. The molecular weight excluding hydrogens is 391 g/mol. The molecule has 2 aromatic rings. The van der Waals surface area contributed by atoms with Crippen molar-refractivity contribution in [2.75, 3.05) is 6.26 Å². The van der Waals surface area contributed by atoms with E-state index in [1.807, 2.05) is 11.3 Å². The molecule has 4 heteroatoms. The van der Waals surface area contributed by atoms with Gasteiger partial charge in [-0.1, -0.05) is 22.0 Å². The van der Waals surface area contributed by atoms with Crippen LogP contribution in [-0.4, -0.2) is 6.26 Å². The molecule has 74 valence electrons. The average Bonchev–Trinajstić information content (AvgIpc) is 2.55. The molecule has 1 aromatic carbocycles. The van der Waals surface area contributed by atoms with Crippen LogP contribution in [0.2, 0.25) is 0 Å². The summed E-state index contributed by atoms with van der Waals surface area (Å²) in [6.07, 6.45) is 2.12. The van der Waals surface area contributed by atoms with Crippen molar-refractivity contribution in [3.63, 3.8) is 0 Å². The molecule has 1 heterocycles. The Labute approximate surface area is 114 Å². The second-order valence-corrected chi connectivity index (χ2v) is 6.49. The Balaban J connectivity index is 2.66. The minimum Gasteiger partial charge on any atom is -0.138 e. The molecule has 0 amide bonds. The summed E-state index contributed by atoms with van der Waals surface area (Å²) >= 11 is 9.64. The highest BCUT2D eigenvalue weighted by Crippen LogP contribution is 2.35. The molecule has 0 saturated heterocycles. The summed E-state index contributed by atoms with van der Waals surface area (Å²) in [6, 6.07) is 6.70. The Morgan fingerprint density at radius 2 is 2.29 bits per heavy atom. The number of alkyl halides is 1. The first-order valence-electron chi connectivity index (χ1n) is 4.07. The lowest BCUT2D eigenvalue weighted by atomic mass is 10.2. The second kappa shape index (κ2) is 4.72. The molecule has 1 aromatic heterocycles. The van der Waals surface area contributed by atoms with Gasteiger partial charge in [0.1, 0.15) is 0 Å². The first-order valence-corrected chi connectivity index (χ1v) is 8.31. The highest BCUT2D eigenvalue weighted by molar-refractivity contribution is 14.1. The molecule has 0 unspecified atom stereocenters. The zero-order valence-corrected chi connectivity index (χ0v) is 12.9. The van der Waals surface area contributed by atoms with E-state index in [1.54, 1.807) is 11.8 Å². The lowest BCUT2D eigenvalue weighted by Crippen LogP contribution is -1.73. The number of thiophene rings is 1. The van der Waals surface area contributed by atoms with Crippen molar-refractivity contribution < 1.29 is 0 Å². The topological polar surface area (TPSA) is 0 Å². The molecule has 2 rings (SSSR count). The normalized spacial score (nSPS) is 11.1. The van der Waals surface area contributed by atoms with Crippen LogP contribution in [0.25, 0.3) is 10.1 Å². The summed E-state index contributed by atoms with van der Waals surface area (Å²) in [7, 11) is 0. The molecule has 0 bridgehead atoms. The van der Waals surface area contributed by atoms with Gasteiger partial charge in [-0.05, 0) is 41.0 Å². The Morgan fingerprint density at radius 1 is 1.50 bits per heavy atom. The highest BCUT2D eigenvalue weighted by Gasteiger charge is 2.08. The number of hydrogen-bond donors (Lipinski definition) is 0. The predicted molar refractivity (Wildman–Crippen MR) is 79.0 cm³/mol. The second-order valence-electron chi connectivity index (χ2n) is 2.83. The molecule has 14 heavy (non-hydrogen) atoms. The van der Waals surface area contributed by atoms with Crippen molar-refractivity contribution in [2.24, 2.45) is 0 Å². The molecule has 0 nitrogen and oxygen atoms in total. The highest BCUT2D eigenvalue weighted by atomic mass is 127. The van der Waals surface area contributed by atoms with Gasteiger partial charge >= 0.3 is 0 Å². The van der Waals surface area contributed by atoms with Gasteiger partial charge < -0.3 is 0 Å². The Bertz CT molecular complexity index is 464.